The van der Waals surface area contributed by atoms with Crippen molar-refractivity contribution in [2.75, 3.05) is 4.90 Å². The first-order valence-electron chi connectivity index (χ1n) is 21.5. The van der Waals surface area contributed by atoms with E-state index in [0.717, 1.165) is 61.4 Å². The van der Waals surface area contributed by atoms with Crippen LogP contribution in [0.5, 0.6) is 0 Å². The fourth-order valence-electron chi connectivity index (χ4n) is 9.32. The largest absolute Gasteiger partial charge is 0.456 e. The molecule has 63 heavy (non-hydrogen) atoms. The molecule has 0 fully saturated rings. The van der Waals surface area contributed by atoms with E-state index < -0.39 is 0 Å². The summed E-state index contributed by atoms with van der Waals surface area (Å²) in [6, 6.07) is 87.1. The molecular weight excluding hydrogens is 765 g/mol. The lowest BCUT2D eigenvalue weighted by atomic mass is 9.98. The zero-order valence-corrected chi connectivity index (χ0v) is 34.4. The highest BCUT2D eigenvalue weighted by Crippen LogP contribution is 2.40. The molecule has 3 nitrogen and oxygen atoms in total. The third kappa shape index (κ3) is 6.55. The van der Waals surface area contributed by atoms with Crippen LogP contribution in [0.3, 0.4) is 0 Å². The number of benzene rings is 10. The molecule has 0 spiro atoms. The van der Waals surface area contributed by atoms with E-state index in [1.165, 1.54) is 49.6 Å². The van der Waals surface area contributed by atoms with Crippen LogP contribution < -0.4 is 4.90 Å². The van der Waals surface area contributed by atoms with Gasteiger partial charge < -0.3 is 13.9 Å². The minimum Gasteiger partial charge on any atom is -0.456 e. The van der Waals surface area contributed by atoms with Gasteiger partial charge in [0.25, 0.3) is 0 Å². The van der Waals surface area contributed by atoms with Crippen molar-refractivity contribution in [3.8, 4) is 50.2 Å². The Morgan fingerprint density at radius 1 is 0.270 bits per heavy atom. The van der Waals surface area contributed by atoms with Gasteiger partial charge in [0.2, 0.25) is 0 Å². The standard InChI is InChI=1S/C60H40N2O/c1-2-13-41(14-3-1)46-17-11-19-51(38-46)61(50-34-29-43(30-35-50)48-31-36-56-55-23-6-9-26-59(55)63-60(56)40-48)49-32-27-42(28-33-49)44-15-10-16-45(37-44)47-18-12-20-52(39-47)62-57-24-7-4-21-53(57)54-22-5-8-25-58(54)62/h1-40H. The molecule has 0 aliphatic rings. The van der Waals surface area contributed by atoms with Gasteiger partial charge in [0.15, 0.2) is 0 Å². The molecule has 12 aromatic rings. The van der Waals surface area contributed by atoms with Gasteiger partial charge in [-0.1, -0.05) is 158 Å². The van der Waals surface area contributed by atoms with Crippen LogP contribution in [-0.4, -0.2) is 4.57 Å². The zero-order chi connectivity index (χ0) is 41.7. The molecule has 2 heterocycles. The van der Waals surface area contributed by atoms with Crippen molar-refractivity contribution in [1.82, 2.24) is 4.57 Å². The van der Waals surface area contributed by atoms with Gasteiger partial charge >= 0.3 is 0 Å². The summed E-state index contributed by atoms with van der Waals surface area (Å²) in [5.41, 5.74) is 17.9. The lowest BCUT2D eigenvalue weighted by Crippen LogP contribution is -2.10. The van der Waals surface area contributed by atoms with Crippen LogP contribution in [0.2, 0.25) is 0 Å². The molecule has 0 saturated heterocycles. The van der Waals surface area contributed by atoms with Crippen molar-refractivity contribution in [2.24, 2.45) is 0 Å². The van der Waals surface area contributed by atoms with Gasteiger partial charge in [-0.3, -0.25) is 0 Å². The summed E-state index contributed by atoms with van der Waals surface area (Å²) < 4.78 is 8.63. The molecule has 0 radical (unpaired) electrons. The monoisotopic (exact) mass is 804 g/mol. The molecule has 0 amide bonds. The lowest BCUT2D eigenvalue weighted by molar-refractivity contribution is 0.669. The van der Waals surface area contributed by atoms with Gasteiger partial charge in [-0.15, -0.1) is 0 Å². The molecule has 0 bridgehead atoms. The molecule has 0 atom stereocenters. The zero-order valence-electron chi connectivity index (χ0n) is 34.4. The molecule has 0 N–H and O–H groups in total. The molecule has 296 valence electrons. The van der Waals surface area contributed by atoms with Crippen molar-refractivity contribution in [3.05, 3.63) is 243 Å². The van der Waals surface area contributed by atoms with Gasteiger partial charge in [0, 0.05) is 44.3 Å². The van der Waals surface area contributed by atoms with Crippen LogP contribution in [0.15, 0.2) is 247 Å². The van der Waals surface area contributed by atoms with Gasteiger partial charge in [0.05, 0.1) is 11.0 Å². The first kappa shape index (κ1) is 36.5. The number of para-hydroxylation sites is 3. The molecule has 0 saturated carbocycles. The Hall–Kier alpha value is -8.40. The van der Waals surface area contributed by atoms with Crippen molar-refractivity contribution >= 4 is 60.8 Å². The van der Waals surface area contributed by atoms with Crippen LogP contribution in [0.4, 0.5) is 17.1 Å². The Kier molecular flexibility index (Phi) is 8.83. The lowest BCUT2D eigenvalue weighted by Gasteiger charge is -2.26. The number of rotatable bonds is 8. The van der Waals surface area contributed by atoms with E-state index in [1.54, 1.807) is 0 Å². The van der Waals surface area contributed by atoms with E-state index in [-0.39, 0.29) is 0 Å². The van der Waals surface area contributed by atoms with Crippen LogP contribution in [0.25, 0.3) is 93.9 Å². The number of furan rings is 1. The maximum absolute atomic E-state index is 6.25. The first-order valence-corrected chi connectivity index (χ1v) is 21.5. The minimum absolute atomic E-state index is 0.899. The fraction of sp³-hybridized carbons (Fsp3) is 0. The number of nitrogens with zero attached hydrogens (tertiary/aromatic N) is 2. The van der Waals surface area contributed by atoms with E-state index in [4.69, 9.17) is 4.42 Å². The third-order valence-corrected chi connectivity index (χ3v) is 12.4. The van der Waals surface area contributed by atoms with Crippen molar-refractivity contribution < 1.29 is 4.42 Å². The Bertz CT molecular complexity index is 3560. The highest BCUT2D eigenvalue weighted by molar-refractivity contribution is 6.09. The van der Waals surface area contributed by atoms with Crippen LogP contribution in [-0.2, 0) is 0 Å². The van der Waals surface area contributed by atoms with Gasteiger partial charge in [0.1, 0.15) is 11.2 Å². The number of aromatic nitrogens is 1. The number of hydrogen-bond acceptors (Lipinski definition) is 2. The van der Waals surface area contributed by atoms with E-state index in [2.05, 4.69) is 240 Å². The number of anilines is 3. The summed E-state index contributed by atoms with van der Waals surface area (Å²) in [6.07, 6.45) is 0. The summed E-state index contributed by atoms with van der Waals surface area (Å²) in [5, 5.41) is 4.81. The minimum atomic E-state index is 0.899. The van der Waals surface area contributed by atoms with E-state index in [1.807, 2.05) is 12.1 Å². The Morgan fingerprint density at radius 3 is 1.41 bits per heavy atom. The molecule has 12 rings (SSSR count). The van der Waals surface area contributed by atoms with E-state index in [9.17, 15) is 0 Å². The second kappa shape index (κ2) is 15.3. The topological polar surface area (TPSA) is 21.3 Å². The smallest absolute Gasteiger partial charge is 0.136 e. The van der Waals surface area contributed by atoms with Gasteiger partial charge in [-0.25, -0.2) is 0 Å². The summed E-state index contributed by atoms with van der Waals surface area (Å²) in [6.45, 7) is 0. The SMILES string of the molecule is c1ccc(-c2cccc(N(c3ccc(-c4cccc(-c5cccc(-n6c7ccccc7c7ccccc76)c5)c4)cc3)c3ccc(-c4ccc5c(c4)oc4ccccc45)cc3)c2)cc1. The van der Waals surface area contributed by atoms with Crippen LogP contribution in [0, 0.1) is 0 Å². The third-order valence-electron chi connectivity index (χ3n) is 12.4. The predicted octanol–water partition coefficient (Wildman–Crippen LogP) is 16.8. The maximum atomic E-state index is 6.25. The Labute approximate surface area is 366 Å². The number of fused-ring (bicyclic) bond motifs is 6. The summed E-state index contributed by atoms with van der Waals surface area (Å²) in [4.78, 5) is 2.35. The Morgan fingerprint density at radius 2 is 0.730 bits per heavy atom. The van der Waals surface area contributed by atoms with E-state index in [0.29, 0.717) is 0 Å². The van der Waals surface area contributed by atoms with Crippen LogP contribution >= 0.6 is 0 Å². The van der Waals surface area contributed by atoms with Crippen molar-refractivity contribution in [3.63, 3.8) is 0 Å². The molecule has 3 heteroatoms. The van der Waals surface area contributed by atoms with Gasteiger partial charge in [-0.2, -0.15) is 0 Å². The molecular formula is C60H40N2O. The second-order valence-electron chi connectivity index (χ2n) is 16.2. The molecule has 10 aromatic carbocycles. The number of hydrogen-bond donors (Lipinski definition) is 0. The molecule has 2 aromatic heterocycles. The van der Waals surface area contributed by atoms with Crippen LogP contribution in [0.1, 0.15) is 0 Å². The molecule has 0 aliphatic heterocycles. The van der Waals surface area contributed by atoms with Gasteiger partial charge in [-0.05, 0) is 129 Å². The second-order valence-corrected chi connectivity index (χ2v) is 16.2. The normalized spacial score (nSPS) is 11.5. The van der Waals surface area contributed by atoms with Crippen molar-refractivity contribution in [1.29, 1.82) is 0 Å². The predicted molar refractivity (Wildman–Crippen MR) is 264 cm³/mol. The average Bonchev–Trinajstić information content (AvgIpc) is 3.91. The molecule has 0 unspecified atom stereocenters. The maximum Gasteiger partial charge on any atom is 0.136 e. The van der Waals surface area contributed by atoms with Crippen molar-refractivity contribution in [2.45, 2.75) is 0 Å². The summed E-state index contributed by atoms with van der Waals surface area (Å²) in [5.74, 6) is 0. The highest BCUT2D eigenvalue weighted by atomic mass is 16.3. The van der Waals surface area contributed by atoms with E-state index >= 15 is 0 Å². The fourth-order valence-corrected chi connectivity index (χ4v) is 9.32. The first-order chi connectivity index (χ1) is 31.2. The Balaban J connectivity index is 0.889. The quantitative estimate of drug-likeness (QED) is 0.153. The summed E-state index contributed by atoms with van der Waals surface area (Å²) in [7, 11) is 0. The molecule has 0 aliphatic carbocycles. The average molecular weight is 805 g/mol. The highest BCUT2D eigenvalue weighted by Gasteiger charge is 2.16. The summed E-state index contributed by atoms with van der Waals surface area (Å²) >= 11 is 0.